The van der Waals surface area contributed by atoms with Crippen LogP contribution in [0.1, 0.15) is 5.56 Å². The van der Waals surface area contributed by atoms with Gasteiger partial charge in [0.1, 0.15) is 10.4 Å². The molecule has 0 radical (unpaired) electrons. The molecular formula is C21H17FN2O4S. The van der Waals surface area contributed by atoms with E-state index in [0.29, 0.717) is 21.5 Å². The molecule has 2 aromatic heterocycles. The van der Waals surface area contributed by atoms with E-state index in [-0.39, 0.29) is 12.0 Å². The fraction of sp³-hybridized carbons (Fsp3) is 0.143. The van der Waals surface area contributed by atoms with Crippen LogP contribution in [0.5, 0.6) is 5.75 Å². The molecule has 2 heterocycles. The van der Waals surface area contributed by atoms with Crippen molar-refractivity contribution in [1.82, 2.24) is 10.3 Å². The number of benzene rings is 2. The van der Waals surface area contributed by atoms with Crippen molar-refractivity contribution in [3.63, 3.8) is 0 Å². The molecule has 29 heavy (non-hydrogen) atoms. The fourth-order valence-corrected chi connectivity index (χ4v) is 4.28. The average molecular weight is 412 g/mol. The maximum atomic E-state index is 13.7. The lowest BCUT2D eigenvalue weighted by Gasteiger charge is -2.14. The highest BCUT2D eigenvalue weighted by atomic mass is 32.1. The Hall–Kier alpha value is -3.39. The van der Waals surface area contributed by atoms with Crippen LogP contribution < -0.4 is 15.6 Å². The molecule has 6 nitrogen and oxygen atoms in total. The molecule has 0 aliphatic heterocycles. The number of amides is 1. The van der Waals surface area contributed by atoms with Crippen molar-refractivity contribution < 1.29 is 19.0 Å². The summed E-state index contributed by atoms with van der Waals surface area (Å²) in [6, 6.07) is 12.7. The number of halogens is 1. The van der Waals surface area contributed by atoms with Crippen LogP contribution in [-0.2, 0) is 6.42 Å². The lowest BCUT2D eigenvalue weighted by Crippen LogP contribution is -2.31. The first kappa shape index (κ1) is 18.9. The SMILES string of the molecule is COc1ccc2[nH]c(=O)c3sccc3c2c1-c1ccc(CC(F)NC(=O)O)cc1. The van der Waals surface area contributed by atoms with Crippen LogP contribution in [0.25, 0.3) is 32.1 Å². The zero-order valence-electron chi connectivity index (χ0n) is 15.4. The first-order valence-corrected chi connectivity index (χ1v) is 9.69. The number of nitrogens with one attached hydrogen (secondary N) is 2. The normalized spacial score (nSPS) is 12.2. The van der Waals surface area contributed by atoms with Gasteiger partial charge in [0.25, 0.3) is 5.56 Å². The summed E-state index contributed by atoms with van der Waals surface area (Å²) in [5.41, 5.74) is 2.90. The Labute approximate surface area is 168 Å². The van der Waals surface area contributed by atoms with Crippen LogP contribution in [0.3, 0.4) is 0 Å². The van der Waals surface area contributed by atoms with E-state index < -0.39 is 12.4 Å². The molecule has 1 atom stereocenters. The Morgan fingerprint density at radius 2 is 2.00 bits per heavy atom. The fourth-order valence-electron chi connectivity index (χ4n) is 3.48. The quantitative estimate of drug-likeness (QED) is 0.420. The molecule has 2 aromatic carbocycles. The van der Waals surface area contributed by atoms with Gasteiger partial charge in [0.2, 0.25) is 0 Å². The second-order valence-electron chi connectivity index (χ2n) is 6.50. The predicted octanol–water partition coefficient (Wildman–Crippen LogP) is 4.52. The molecule has 0 aliphatic carbocycles. The Morgan fingerprint density at radius 1 is 1.24 bits per heavy atom. The smallest absolute Gasteiger partial charge is 0.406 e. The molecule has 0 saturated carbocycles. The molecule has 4 rings (SSSR count). The summed E-state index contributed by atoms with van der Waals surface area (Å²) < 4.78 is 19.9. The lowest BCUT2D eigenvalue weighted by molar-refractivity contribution is 0.172. The van der Waals surface area contributed by atoms with E-state index in [1.54, 1.807) is 30.6 Å². The highest BCUT2D eigenvalue weighted by molar-refractivity contribution is 7.17. The van der Waals surface area contributed by atoms with E-state index in [0.717, 1.165) is 21.9 Å². The van der Waals surface area contributed by atoms with Crippen molar-refractivity contribution in [2.75, 3.05) is 7.11 Å². The molecule has 1 amide bonds. The van der Waals surface area contributed by atoms with Crippen LogP contribution >= 0.6 is 11.3 Å². The summed E-state index contributed by atoms with van der Waals surface area (Å²) in [5.74, 6) is 0.653. The zero-order chi connectivity index (χ0) is 20.5. The third kappa shape index (κ3) is 3.54. The third-order valence-electron chi connectivity index (χ3n) is 4.71. The summed E-state index contributed by atoms with van der Waals surface area (Å²) in [6.07, 6.45) is -3.15. The summed E-state index contributed by atoms with van der Waals surface area (Å²) in [6.45, 7) is 0. The van der Waals surface area contributed by atoms with E-state index in [1.165, 1.54) is 11.3 Å². The Morgan fingerprint density at radius 3 is 2.69 bits per heavy atom. The monoisotopic (exact) mass is 412 g/mol. The van der Waals surface area contributed by atoms with Gasteiger partial charge in [-0.25, -0.2) is 9.18 Å². The molecule has 3 N–H and O–H groups in total. The van der Waals surface area contributed by atoms with Gasteiger partial charge in [-0.3, -0.25) is 10.1 Å². The number of methoxy groups -OCH3 is 1. The second kappa shape index (κ2) is 7.56. The summed E-state index contributed by atoms with van der Waals surface area (Å²) >= 11 is 1.38. The molecule has 0 saturated heterocycles. The van der Waals surface area contributed by atoms with Crippen molar-refractivity contribution in [2.24, 2.45) is 0 Å². The molecule has 1 unspecified atom stereocenters. The number of hydrogen-bond donors (Lipinski definition) is 3. The summed E-state index contributed by atoms with van der Waals surface area (Å²) in [4.78, 5) is 25.8. The van der Waals surface area contributed by atoms with Crippen molar-refractivity contribution in [1.29, 1.82) is 0 Å². The van der Waals surface area contributed by atoms with Crippen molar-refractivity contribution in [2.45, 2.75) is 12.7 Å². The van der Waals surface area contributed by atoms with Gasteiger partial charge < -0.3 is 14.8 Å². The Balaban J connectivity index is 1.84. The van der Waals surface area contributed by atoms with Crippen LogP contribution in [0.15, 0.2) is 52.6 Å². The minimum Gasteiger partial charge on any atom is -0.496 e. The standard InChI is InChI=1S/C21H17FN2O4S/c1-28-15-7-6-14-18(13-8-9-29-19(13)20(25)23-14)17(15)12-4-2-11(3-5-12)10-16(22)24-21(26)27/h2-9,16,24H,10H2,1H3,(H,23,25)(H,26,27). The molecule has 0 fully saturated rings. The van der Waals surface area contributed by atoms with E-state index in [4.69, 9.17) is 9.84 Å². The molecular weight excluding hydrogens is 395 g/mol. The first-order valence-electron chi connectivity index (χ1n) is 8.81. The van der Waals surface area contributed by atoms with Gasteiger partial charge in [-0.2, -0.15) is 0 Å². The largest absolute Gasteiger partial charge is 0.496 e. The van der Waals surface area contributed by atoms with Gasteiger partial charge in [-0.15, -0.1) is 11.3 Å². The highest BCUT2D eigenvalue weighted by Gasteiger charge is 2.17. The minimum absolute atomic E-state index is 0.0681. The van der Waals surface area contributed by atoms with Gasteiger partial charge in [-0.1, -0.05) is 24.3 Å². The number of pyridine rings is 1. The number of carboxylic acid groups (broad SMARTS) is 1. The Kier molecular flexibility index (Phi) is 4.94. The van der Waals surface area contributed by atoms with Crippen molar-refractivity contribution in [3.8, 4) is 16.9 Å². The first-order chi connectivity index (χ1) is 14.0. The van der Waals surface area contributed by atoms with E-state index >= 15 is 0 Å². The molecule has 0 bridgehead atoms. The molecule has 8 heteroatoms. The lowest BCUT2D eigenvalue weighted by atomic mass is 9.96. The number of hydrogen-bond acceptors (Lipinski definition) is 4. The molecule has 0 aliphatic rings. The van der Waals surface area contributed by atoms with Crippen molar-refractivity contribution >= 4 is 38.4 Å². The minimum atomic E-state index is -1.68. The number of rotatable bonds is 5. The van der Waals surface area contributed by atoms with Gasteiger partial charge in [0.15, 0.2) is 6.30 Å². The van der Waals surface area contributed by atoms with Crippen LogP contribution in [0.2, 0.25) is 0 Å². The highest BCUT2D eigenvalue weighted by Crippen LogP contribution is 2.40. The van der Waals surface area contributed by atoms with Gasteiger partial charge in [0, 0.05) is 28.3 Å². The van der Waals surface area contributed by atoms with E-state index in [1.807, 2.05) is 29.6 Å². The molecule has 4 aromatic rings. The van der Waals surface area contributed by atoms with E-state index in [2.05, 4.69) is 4.98 Å². The predicted molar refractivity (Wildman–Crippen MR) is 112 cm³/mol. The third-order valence-corrected chi connectivity index (χ3v) is 5.63. The van der Waals surface area contributed by atoms with Crippen LogP contribution in [0, 0.1) is 0 Å². The zero-order valence-corrected chi connectivity index (χ0v) is 16.2. The Bertz CT molecular complexity index is 1260. The molecule has 148 valence electrons. The number of aromatic amines is 1. The number of carbonyl (C=O) groups is 1. The number of alkyl halides is 1. The number of thiophene rings is 1. The number of H-pyrrole nitrogens is 1. The van der Waals surface area contributed by atoms with Gasteiger partial charge in [0.05, 0.1) is 7.11 Å². The van der Waals surface area contributed by atoms with Gasteiger partial charge in [-0.05, 0) is 34.7 Å². The maximum absolute atomic E-state index is 13.7. The van der Waals surface area contributed by atoms with Gasteiger partial charge >= 0.3 is 6.09 Å². The summed E-state index contributed by atoms with van der Waals surface area (Å²) in [7, 11) is 1.58. The van der Waals surface area contributed by atoms with Crippen LogP contribution in [0.4, 0.5) is 9.18 Å². The number of fused-ring (bicyclic) bond motifs is 3. The molecule has 0 spiro atoms. The topological polar surface area (TPSA) is 91.4 Å². The average Bonchev–Trinajstić information content (AvgIpc) is 3.18. The second-order valence-corrected chi connectivity index (χ2v) is 7.42. The van der Waals surface area contributed by atoms with Crippen molar-refractivity contribution in [3.05, 3.63) is 63.8 Å². The number of aromatic nitrogens is 1. The van der Waals surface area contributed by atoms with E-state index in [9.17, 15) is 14.0 Å². The maximum Gasteiger partial charge on any atom is 0.406 e. The number of ether oxygens (including phenoxy) is 1. The van der Waals surface area contributed by atoms with Crippen LogP contribution in [-0.4, -0.2) is 29.6 Å². The summed E-state index contributed by atoms with van der Waals surface area (Å²) in [5, 5.41) is 14.0.